The molecule has 1 aliphatic heterocycles. The summed E-state index contributed by atoms with van der Waals surface area (Å²) in [5, 5.41) is 0. The van der Waals surface area contributed by atoms with Crippen molar-refractivity contribution in [3.63, 3.8) is 0 Å². The van der Waals surface area contributed by atoms with Crippen molar-refractivity contribution in [1.29, 1.82) is 0 Å². The Balaban J connectivity index is 1.77. The van der Waals surface area contributed by atoms with E-state index < -0.39 is 21.8 Å². The molecule has 1 heterocycles. The molecule has 3 rings (SSSR count). The number of hydrogen-bond acceptors (Lipinski definition) is 3. The zero-order chi connectivity index (χ0) is 19.7. The molecule has 27 heavy (non-hydrogen) atoms. The third-order valence-corrected chi connectivity index (χ3v) is 6.73. The van der Waals surface area contributed by atoms with Crippen molar-refractivity contribution in [3.8, 4) is 5.75 Å². The molecule has 146 valence electrons. The summed E-state index contributed by atoms with van der Waals surface area (Å²) in [6.45, 7) is 0.503. The number of halogens is 3. The van der Waals surface area contributed by atoms with Gasteiger partial charge in [0.1, 0.15) is 5.75 Å². The van der Waals surface area contributed by atoms with Crippen LogP contribution in [0.25, 0.3) is 0 Å². The lowest BCUT2D eigenvalue weighted by Gasteiger charge is -2.32. The second kappa shape index (κ2) is 7.52. The molecule has 0 amide bonds. The number of methoxy groups -OCH3 is 1. The van der Waals surface area contributed by atoms with Crippen molar-refractivity contribution < 1.29 is 26.3 Å². The van der Waals surface area contributed by atoms with Crippen LogP contribution in [0.3, 0.4) is 0 Å². The van der Waals surface area contributed by atoms with Crippen LogP contribution in [-0.4, -0.2) is 32.9 Å². The Kier molecular flexibility index (Phi) is 5.48. The predicted octanol–water partition coefficient (Wildman–Crippen LogP) is 4.28. The Labute approximate surface area is 156 Å². The SMILES string of the molecule is COc1ccccc1C1CCN(S(=O)(=O)c2cccc(C(F)(F)F)c2)CC1. The summed E-state index contributed by atoms with van der Waals surface area (Å²) in [4.78, 5) is -0.326. The third kappa shape index (κ3) is 4.11. The number of sulfonamides is 1. The number of ether oxygens (including phenoxy) is 1. The summed E-state index contributed by atoms with van der Waals surface area (Å²) in [6, 6.07) is 11.5. The third-order valence-electron chi connectivity index (χ3n) is 4.83. The summed E-state index contributed by atoms with van der Waals surface area (Å²) >= 11 is 0. The monoisotopic (exact) mass is 399 g/mol. The summed E-state index contributed by atoms with van der Waals surface area (Å²) in [6.07, 6.45) is -3.42. The van der Waals surface area contributed by atoms with Crippen LogP contribution in [0.15, 0.2) is 53.4 Å². The molecule has 0 N–H and O–H groups in total. The minimum Gasteiger partial charge on any atom is -0.496 e. The number of para-hydroxylation sites is 1. The van der Waals surface area contributed by atoms with Crippen LogP contribution in [0.2, 0.25) is 0 Å². The van der Waals surface area contributed by atoms with Crippen molar-refractivity contribution in [3.05, 3.63) is 59.7 Å². The van der Waals surface area contributed by atoms with Gasteiger partial charge in [0, 0.05) is 13.1 Å². The van der Waals surface area contributed by atoms with Crippen LogP contribution in [0.1, 0.15) is 29.9 Å². The minimum absolute atomic E-state index is 0.147. The zero-order valence-corrected chi connectivity index (χ0v) is 15.6. The van der Waals surface area contributed by atoms with E-state index in [9.17, 15) is 21.6 Å². The number of hydrogen-bond donors (Lipinski definition) is 0. The quantitative estimate of drug-likeness (QED) is 0.771. The fourth-order valence-electron chi connectivity index (χ4n) is 3.39. The van der Waals surface area contributed by atoms with Gasteiger partial charge < -0.3 is 4.74 Å². The van der Waals surface area contributed by atoms with Crippen LogP contribution in [0, 0.1) is 0 Å². The topological polar surface area (TPSA) is 46.6 Å². The standard InChI is InChI=1S/C19H20F3NO3S/c1-26-18-8-3-2-7-17(18)14-9-11-23(12-10-14)27(24,25)16-6-4-5-15(13-16)19(20,21)22/h2-8,13-14H,9-12H2,1H3. The predicted molar refractivity (Wildman–Crippen MR) is 95.2 cm³/mol. The Morgan fingerprint density at radius 1 is 1.04 bits per heavy atom. The minimum atomic E-state index is -4.58. The van der Waals surface area contributed by atoms with Crippen LogP contribution in [0.4, 0.5) is 13.2 Å². The highest BCUT2D eigenvalue weighted by atomic mass is 32.2. The maximum atomic E-state index is 12.9. The number of piperidine rings is 1. The highest BCUT2D eigenvalue weighted by Crippen LogP contribution is 2.36. The highest BCUT2D eigenvalue weighted by molar-refractivity contribution is 7.89. The number of rotatable bonds is 4. The van der Waals surface area contributed by atoms with Crippen LogP contribution in [0.5, 0.6) is 5.75 Å². The number of nitrogens with zero attached hydrogens (tertiary/aromatic N) is 1. The molecule has 2 aromatic carbocycles. The lowest BCUT2D eigenvalue weighted by atomic mass is 9.89. The maximum Gasteiger partial charge on any atom is 0.416 e. The Morgan fingerprint density at radius 3 is 2.33 bits per heavy atom. The Morgan fingerprint density at radius 2 is 1.70 bits per heavy atom. The van der Waals surface area contributed by atoms with Gasteiger partial charge in [0.05, 0.1) is 17.6 Å². The van der Waals surface area contributed by atoms with E-state index in [4.69, 9.17) is 4.74 Å². The van der Waals surface area contributed by atoms with Crippen molar-refractivity contribution >= 4 is 10.0 Å². The number of benzene rings is 2. The summed E-state index contributed by atoms with van der Waals surface area (Å²) < 4.78 is 70.8. The van der Waals surface area contributed by atoms with Gasteiger partial charge in [0.2, 0.25) is 10.0 Å². The molecule has 0 unspecified atom stereocenters. The highest BCUT2D eigenvalue weighted by Gasteiger charge is 2.34. The van der Waals surface area contributed by atoms with Gasteiger partial charge in [-0.05, 0) is 48.6 Å². The van der Waals surface area contributed by atoms with E-state index in [1.807, 2.05) is 24.3 Å². The molecule has 4 nitrogen and oxygen atoms in total. The first-order chi connectivity index (χ1) is 12.7. The molecule has 0 spiro atoms. The first kappa shape index (κ1) is 19.7. The first-order valence-corrected chi connectivity index (χ1v) is 9.98. The van der Waals surface area contributed by atoms with Crippen LogP contribution in [-0.2, 0) is 16.2 Å². The smallest absolute Gasteiger partial charge is 0.416 e. The van der Waals surface area contributed by atoms with Crippen molar-refractivity contribution in [2.45, 2.75) is 29.8 Å². The number of alkyl halides is 3. The summed E-state index contributed by atoms with van der Waals surface area (Å²) in [5.41, 5.74) is 0.0589. The van der Waals surface area contributed by atoms with Gasteiger partial charge >= 0.3 is 6.18 Å². The van der Waals surface area contributed by atoms with E-state index in [1.165, 1.54) is 10.4 Å². The van der Waals surface area contributed by atoms with Crippen LogP contribution < -0.4 is 4.74 Å². The first-order valence-electron chi connectivity index (χ1n) is 8.54. The second-order valence-corrected chi connectivity index (χ2v) is 8.38. The van der Waals surface area contributed by atoms with Gasteiger partial charge in [0.15, 0.2) is 0 Å². The van der Waals surface area contributed by atoms with Gasteiger partial charge in [-0.15, -0.1) is 0 Å². The summed E-state index contributed by atoms with van der Waals surface area (Å²) in [5.74, 6) is 0.908. The van der Waals surface area contributed by atoms with E-state index in [0.29, 0.717) is 18.9 Å². The molecule has 2 aromatic rings. The van der Waals surface area contributed by atoms with Gasteiger partial charge in [-0.25, -0.2) is 8.42 Å². The van der Waals surface area contributed by atoms with Crippen molar-refractivity contribution in [2.24, 2.45) is 0 Å². The average Bonchev–Trinajstić information content (AvgIpc) is 2.67. The molecule has 0 atom stereocenters. The van der Waals surface area contributed by atoms with Gasteiger partial charge in [-0.3, -0.25) is 0 Å². The largest absolute Gasteiger partial charge is 0.496 e. The normalized spacial score (nSPS) is 17.0. The van der Waals surface area contributed by atoms with E-state index in [1.54, 1.807) is 7.11 Å². The van der Waals surface area contributed by atoms with Gasteiger partial charge in [0.25, 0.3) is 0 Å². The molecular weight excluding hydrogens is 379 g/mol. The summed E-state index contributed by atoms with van der Waals surface area (Å²) in [7, 11) is -2.37. The van der Waals surface area contributed by atoms with Crippen molar-refractivity contribution in [1.82, 2.24) is 4.31 Å². The Bertz CT molecular complexity index is 904. The molecule has 1 aliphatic rings. The molecule has 0 aromatic heterocycles. The molecule has 1 saturated heterocycles. The molecule has 0 saturated carbocycles. The van der Waals surface area contributed by atoms with E-state index in [0.717, 1.165) is 23.4 Å². The molecule has 8 heteroatoms. The second-order valence-electron chi connectivity index (χ2n) is 6.45. The Hall–Kier alpha value is -2.06. The van der Waals surface area contributed by atoms with Gasteiger partial charge in [-0.1, -0.05) is 24.3 Å². The molecule has 0 aliphatic carbocycles. The molecule has 0 bridgehead atoms. The lowest BCUT2D eigenvalue weighted by molar-refractivity contribution is -0.137. The van der Waals surface area contributed by atoms with Crippen molar-refractivity contribution in [2.75, 3.05) is 20.2 Å². The van der Waals surface area contributed by atoms with E-state index in [-0.39, 0.29) is 23.9 Å². The van der Waals surface area contributed by atoms with Crippen LogP contribution >= 0.6 is 0 Å². The molecule has 1 fully saturated rings. The van der Waals surface area contributed by atoms with E-state index >= 15 is 0 Å². The molecular formula is C19H20F3NO3S. The van der Waals surface area contributed by atoms with Gasteiger partial charge in [-0.2, -0.15) is 17.5 Å². The fraction of sp³-hybridized carbons (Fsp3) is 0.368. The average molecular weight is 399 g/mol. The lowest BCUT2D eigenvalue weighted by Crippen LogP contribution is -2.38. The molecule has 0 radical (unpaired) electrons. The zero-order valence-electron chi connectivity index (χ0n) is 14.7. The fourth-order valence-corrected chi connectivity index (χ4v) is 4.91. The maximum absolute atomic E-state index is 12.9. The van der Waals surface area contributed by atoms with E-state index in [2.05, 4.69) is 0 Å².